The van der Waals surface area contributed by atoms with Crippen molar-refractivity contribution in [2.75, 3.05) is 19.7 Å². The van der Waals surface area contributed by atoms with Crippen molar-refractivity contribution in [1.82, 2.24) is 5.32 Å². The van der Waals surface area contributed by atoms with Crippen LogP contribution in [0.3, 0.4) is 0 Å². The zero-order chi connectivity index (χ0) is 16.4. The fraction of sp³-hybridized carbons (Fsp3) is 0.421. The maximum atomic E-state index is 5.78. The van der Waals surface area contributed by atoms with Crippen LogP contribution < -0.4 is 10.1 Å². The third-order valence-corrected chi connectivity index (χ3v) is 4.87. The number of piperidine rings is 1. The number of nitrogens with one attached hydrogen (secondary N) is 1. The third-order valence-electron chi connectivity index (χ3n) is 4.87. The number of rotatable bonds is 4. The van der Waals surface area contributed by atoms with Crippen LogP contribution in [0.25, 0.3) is 0 Å². The summed E-state index contributed by atoms with van der Waals surface area (Å²) in [6, 6.07) is 9.80. The highest BCUT2D eigenvalue weighted by atomic mass is 35.5. The Bertz CT molecular complexity index is 735. The summed E-state index contributed by atoms with van der Waals surface area (Å²) in [5.41, 5.74) is 2.34. The Morgan fingerprint density at radius 1 is 1.16 bits per heavy atom. The van der Waals surface area contributed by atoms with Gasteiger partial charge in [-0.15, -0.1) is 12.4 Å². The van der Waals surface area contributed by atoms with Gasteiger partial charge >= 0.3 is 0 Å². The van der Waals surface area contributed by atoms with Crippen LogP contribution >= 0.6 is 12.4 Å². The topological polar surface area (TPSA) is 58.3 Å². The number of nitrogens with zero attached hydrogens (tertiary/aromatic N) is 3. The second-order valence-corrected chi connectivity index (χ2v) is 6.61. The summed E-state index contributed by atoms with van der Waals surface area (Å²) >= 11 is 0. The highest BCUT2D eigenvalue weighted by Crippen LogP contribution is 2.33. The average Bonchev–Trinajstić information content (AvgIpc) is 3.03. The minimum absolute atomic E-state index is 0. The minimum Gasteiger partial charge on any atom is -0.487 e. The van der Waals surface area contributed by atoms with Crippen molar-refractivity contribution >= 4 is 30.0 Å². The van der Waals surface area contributed by atoms with Gasteiger partial charge in [0.15, 0.2) is 5.66 Å². The third kappa shape index (κ3) is 3.83. The summed E-state index contributed by atoms with van der Waals surface area (Å²) in [6.07, 6.45) is 6.15. The number of halogens is 1. The standard InChI is InChI=1S/C19H22N4O.ClH/c1-19(14-7-9-20-10-8-14)21-12-18-17(23-19)11-15(22-18)13-24-16-5-3-2-4-6-16;/h2-6,11-12,14,20H,7-10,13H2,1H3;1H. The Kier molecular flexibility index (Phi) is 5.35. The van der Waals surface area contributed by atoms with Crippen molar-refractivity contribution in [3.63, 3.8) is 0 Å². The lowest BCUT2D eigenvalue weighted by atomic mass is 9.85. The summed E-state index contributed by atoms with van der Waals surface area (Å²) in [5.74, 6) is 1.34. The molecule has 0 saturated carbocycles. The van der Waals surface area contributed by atoms with Crippen LogP contribution in [-0.4, -0.2) is 43.0 Å². The minimum atomic E-state index is -0.358. The Morgan fingerprint density at radius 3 is 2.68 bits per heavy atom. The van der Waals surface area contributed by atoms with Crippen LogP contribution in [0.15, 0.2) is 57.1 Å². The molecule has 0 aliphatic carbocycles. The molecule has 0 amide bonds. The summed E-state index contributed by atoms with van der Waals surface area (Å²) in [6.45, 7) is 4.68. The first kappa shape index (κ1) is 17.8. The first-order chi connectivity index (χ1) is 11.7. The molecule has 0 bridgehead atoms. The first-order valence-electron chi connectivity index (χ1n) is 8.56. The molecule has 1 N–H and O–H groups in total. The average molecular weight is 359 g/mol. The molecule has 6 heteroatoms. The van der Waals surface area contributed by atoms with Gasteiger partial charge in [-0.1, -0.05) is 18.2 Å². The summed E-state index contributed by atoms with van der Waals surface area (Å²) in [4.78, 5) is 14.3. The molecular formula is C19H23ClN4O. The highest BCUT2D eigenvalue weighted by Gasteiger charge is 2.37. The Hall–Kier alpha value is -1.98. The van der Waals surface area contributed by atoms with Crippen molar-refractivity contribution in [1.29, 1.82) is 0 Å². The van der Waals surface area contributed by atoms with E-state index in [2.05, 4.69) is 17.2 Å². The molecule has 1 aromatic carbocycles. The molecule has 3 aliphatic heterocycles. The lowest BCUT2D eigenvalue weighted by molar-refractivity contribution is 0.244. The molecule has 4 rings (SSSR count). The smallest absolute Gasteiger partial charge is 0.151 e. The van der Waals surface area contributed by atoms with E-state index >= 15 is 0 Å². The summed E-state index contributed by atoms with van der Waals surface area (Å²) in [7, 11) is 0. The molecule has 132 valence electrons. The number of fused-ring (bicyclic) bond motifs is 1. The number of para-hydroxylation sites is 1. The molecule has 25 heavy (non-hydrogen) atoms. The number of allylic oxidation sites excluding steroid dienone is 1. The molecule has 5 nitrogen and oxygen atoms in total. The van der Waals surface area contributed by atoms with Gasteiger partial charge in [-0.2, -0.15) is 0 Å². The molecular weight excluding hydrogens is 336 g/mol. The predicted octanol–water partition coefficient (Wildman–Crippen LogP) is 3.07. The van der Waals surface area contributed by atoms with E-state index in [1.807, 2.05) is 42.6 Å². The van der Waals surface area contributed by atoms with Gasteiger partial charge in [-0.25, -0.2) is 4.99 Å². The number of hydrogen-bond acceptors (Lipinski definition) is 5. The second kappa shape index (κ2) is 7.50. The van der Waals surface area contributed by atoms with E-state index in [-0.39, 0.29) is 18.1 Å². The van der Waals surface area contributed by atoms with Crippen LogP contribution in [0.1, 0.15) is 19.8 Å². The molecule has 0 radical (unpaired) electrons. The van der Waals surface area contributed by atoms with Crippen molar-refractivity contribution in [2.45, 2.75) is 25.4 Å². The molecule has 3 aliphatic rings. The van der Waals surface area contributed by atoms with E-state index in [9.17, 15) is 0 Å². The fourth-order valence-electron chi connectivity index (χ4n) is 3.44. The molecule has 1 unspecified atom stereocenters. The monoisotopic (exact) mass is 358 g/mol. The number of aliphatic imine (C=N–C) groups is 3. The second-order valence-electron chi connectivity index (χ2n) is 6.61. The van der Waals surface area contributed by atoms with Crippen molar-refractivity contribution in [2.24, 2.45) is 20.9 Å². The maximum Gasteiger partial charge on any atom is 0.151 e. The van der Waals surface area contributed by atoms with Crippen molar-refractivity contribution in [3.05, 3.63) is 42.1 Å². The Morgan fingerprint density at radius 2 is 1.92 bits per heavy atom. The van der Waals surface area contributed by atoms with Gasteiger partial charge in [0, 0.05) is 5.92 Å². The van der Waals surface area contributed by atoms with Crippen LogP contribution in [0, 0.1) is 5.92 Å². The van der Waals surface area contributed by atoms with E-state index in [0.29, 0.717) is 12.5 Å². The zero-order valence-electron chi connectivity index (χ0n) is 14.3. The number of hydrogen-bond donors (Lipinski definition) is 1. The molecule has 1 aromatic rings. The fourth-order valence-corrected chi connectivity index (χ4v) is 3.44. The quantitative estimate of drug-likeness (QED) is 0.899. The Balaban J connectivity index is 0.00000182. The SMILES string of the molecule is CC1(C2CCNCC2)N=CC2=NC(COc3ccccc3)=CC2=N1.Cl. The van der Waals surface area contributed by atoms with E-state index in [0.717, 1.165) is 48.8 Å². The first-order valence-corrected chi connectivity index (χ1v) is 8.56. The van der Waals surface area contributed by atoms with Gasteiger partial charge in [0.1, 0.15) is 18.1 Å². The van der Waals surface area contributed by atoms with E-state index < -0.39 is 0 Å². The molecule has 1 atom stereocenters. The van der Waals surface area contributed by atoms with Crippen LogP contribution in [0.4, 0.5) is 0 Å². The van der Waals surface area contributed by atoms with Crippen LogP contribution in [0.5, 0.6) is 5.75 Å². The van der Waals surface area contributed by atoms with E-state index in [1.54, 1.807) is 0 Å². The van der Waals surface area contributed by atoms with E-state index in [1.165, 1.54) is 0 Å². The van der Waals surface area contributed by atoms with Gasteiger partial charge in [0.25, 0.3) is 0 Å². The highest BCUT2D eigenvalue weighted by molar-refractivity contribution is 6.67. The maximum absolute atomic E-state index is 5.78. The molecule has 1 fully saturated rings. The number of benzene rings is 1. The molecule has 0 aromatic heterocycles. The van der Waals surface area contributed by atoms with Gasteiger partial charge in [0.2, 0.25) is 0 Å². The van der Waals surface area contributed by atoms with Crippen molar-refractivity contribution < 1.29 is 4.74 Å². The largest absolute Gasteiger partial charge is 0.487 e. The van der Waals surface area contributed by atoms with E-state index in [4.69, 9.17) is 14.7 Å². The van der Waals surface area contributed by atoms with Gasteiger partial charge in [-0.3, -0.25) is 9.98 Å². The molecule has 1 saturated heterocycles. The van der Waals surface area contributed by atoms with Crippen LogP contribution in [0.2, 0.25) is 0 Å². The molecule has 0 spiro atoms. The number of ether oxygens (including phenoxy) is 1. The zero-order valence-corrected chi connectivity index (χ0v) is 15.1. The Labute approximate surface area is 154 Å². The van der Waals surface area contributed by atoms with Gasteiger partial charge < -0.3 is 10.1 Å². The molecule has 3 heterocycles. The van der Waals surface area contributed by atoms with Gasteiger partial charge in [0.05, 0.1) is 17.6 Å². The normalized spacial score (nSPS) is 25.4. The van der Waals surface area contributed by atoms with Crippen molar-refractivity contribution in [3.8, 4) is 5.75 Å². The lowest BCUT2D eigenvalue weighted by Gasteiger charge is -2.35. The van der Waals surface area contributed by atoms with Crippen LogP contribution in [-0.2, 0) is 0 Å². The summed E-state index contributed by atoms with van der Waals surface area (Å²) in [5, 5.41) is 3.40. The predicted molar refractivity (Wildman–Crippen MR) is 105 cm³/mol. The summed E-state index contributed by atoms with van der Waals surface area (Å²) < 4.78 is 5.78. The van der Waals surface area contributed by atoms with Gasteiger partial charge in [-0.05, 0) is 51.1 Å². The lowest BCUT2D eigenvalue weighted by Crippen LogP contribution is -2.42.